The minimum absolute atomic E-state index is 0.0429. The summed E-state index contributed by atoms with van der Waals surface area (Å²) in [5.41, 5.74) is 1.31. The zero-order valence-corrected chi connectivity index (χ0v) is 10.3. The molecule has 0 saturated carbocycles. The molecule has 0 radical (unpaired) electrons. The van der Waals surface area contributed by atoms with Crippen LogP contribution in [0.4, 0.5) is 0 Å². The fourth-order valence-electron chi connectivity index (χ4n) is 1.66. The highest BCUT2D eigenvalue weighted by molar-refractivity contribution is 7.17. The van der Waals surface area contributed by atoms with Gasteiger partial charge in [0.05, 0.1) is 12.1 Å². The number of thiophene rings is 1. The minimum atomic E-state index is -0.0429. The Hall–Kier alpha value is -1.37. The Labute approximate surface area is 99.7 Å². The number of nitriles is 1. The Balaban J connectivity index is 2.25. The van der Waals surface area contributed by atoms with E-state index in [9.17, 15) is 0 Å². The van der Waals surface area contributed by atoms with Gasteiger partial charge < -0.3 is 0 Å². The summed E-state index contributed by atoms with van der Waals surface area (Å²) < 4.78 is 1.32. The van der Waals surface area contributed by atoms with Crippen LogP contribution in [0.2, 0.25) is 0 Å². The van der Waals surface area contributed by atoms with Crippen molar-refractivity contribution >= 4 is 21.4 Å². The summed E-state index contributed by atoms with van der Waals surface area (Å²) in [6, 6.07) is 10.6. The molecule has 0 aliphatic heterocycles. The predicted octanol–water partition coefficient (Wildman–Crippen LogP) is 3.25. The molecule has 1 aromatic carbocycles. The molecule has 0 amide bonds. The van der Waals surface area contributed by atoms with E-state index >= 15 is 0 Å². The second-order valence-electron chi connectivity index (χ2n) is 3.98. The normalized spacial score (nSPS) is 12.9. The van der Waals surface area contributed by atoms with Crippen LogP contribution in [-0.2, 0) is 6.54 Å². The van der Waals surface area contributed by atoms with Gasteiger partial charge in [-0.05, 0) is 36.4 Å². The van der Waals surface area contributed by atoms with Crippen molar-refractivity contribution in [3.8, 4) is 6.07 Å². The number of hydrogen-bond acceptors (Lipinski definition) is 3. The molecule has 82 valence electrons. The van der Waals surface area contributed by atoms with Crippen molar-refractivity contribution < 1.29 is 0 Å². The molecule has 0 bridgehead atoms. The van der Waals surface area contributed by atoms with Gasteiger partial charge in [0.2, 0.25) is 0 Å². The lowest BCUT2D eigenvalue weighted by Gasteiger charge is -2.18. The molecule has 16 heavy (non-hydrogen) atoms. The van der Waals surface area contributed by atoms with Crippen LogP contribution in [0.3, 0.4) is 0 Å². The van der Waals surface area contributed by atoms with E-state index in [4.69, 9.17) is 5.26 Å². The van der Waals surface area contributed by atoms with Crippen LogP contribution >= 0.6 is 11.3 Å². The molecule has 2 aromatic rings. The second-order valence-corrected chi connectivity index (χ2v) is 4.89. The van der Waals surface area contributed by atoms with E-state index in [2.05, 4.69) is 40.6 Å². The van der Waals surface area contributed by atoms with Gasteiger partial charge in [-0.3, -0.25) is 4.90 Å². The Morgan fingerprint density at radius 3 is 2.94 bits per heavy atom. The van der Waals surface area contributed by atoms with Gasteiger partial charge in [-0.1, -0.05) is 18.2 Å². The summed E-state index contributed by atoms with van der Waals surface area (Å²) in [6.45, 7) is 2.76. The lowest BCUT2D eigenvalue weighted by Crippen LogP contribution is -2.26. The maximum atomic E-state index is 8.86. The van der Waals surface area contributed by atoms with Crippen LogP contribution in [0.25, 0.3) is 10.1 Å². The fraction of sp³-hybridized carbons (Fsp3) is 0.308. The van der Waals surface area contributed by atoms with Crippen LogP contribution in [0.1, 0.15) is 12.5 Å². The molecule has 1 heterocycles. The SMILES string of the molecule is CC(C#N)N(C)Cc1csc2ccccc12. The highest BCUT2D eigenvalue weighted by Crippen LogP contribution is 2.26. The van der Waals surface area contributed by atoms with Crippen LogP contribution in [0.15, 0.2) is 29.6 Å². The Bertz CT molecular complexity index is 524. The van der Waals surface area contributed by atoms with Gasteiger partial charge >= 0.3 is 0 Å². The summed E-state index contributed by atoms with van der Waals surface area (Å²) in [5, 5.41) is 12.4. The maximum Gasteiger partial charge on any atom is 0.0949 e. The predicted molar refractivity (Wildman–Crippen MR) is 68.4 cm³/mol. The lowest BCUT2D eigenvalue weighted by molar-refractivity contribution is 0.296. The molecule has 1 atom stereocenters. The summed E-state index contributed by atoms with van der Waals surface area (Å²) in [6.07, 6.45) is 0. The van der Waals surface area contributed by atoms with E-state index in [0.29, 0.717) is 0 Å². The molecule has 2 nitrogen and oxygen atoms in total. The Morgan fingerprint density at radius 2 is 2.19 bits per heavy atom. The van der Waals surface area contributed by atoms with Gasteiger partial charge in [0.1, 0.15) is 0 Å². The fourth-order valence-corrected chi connectivity index (χ4v) is 2.61. The van der Waals surface area contributed by atoms with Crippen molar-refractivity contribution in [3.63, 3.8) is 0 Å². The third-order valence-electron chi connectivity index (χ3n) is 2.83. The monoisotopic (exact) mass is 230 g/mol. The molecular formula is C13H14N2S. The quantitative estimate of drug-likeness (QED) is 0.809. The van der Waals surface area contributed by atoms with E-state index in [1.54, 1.807) is 11.3 Å². The Morgan fingerprint density at radius 1 is 1.44 bits per heavy atom. The smallest absolute Gasteiger partial charge is 0.0949 e. The van der Waals surface area contributed by atoms with Crippen LogP contribution in [0.5, 0.6) is 0 Å². The molecule has 2 rings (SSSR count). The first-order valence-corrected chi connectivity index (χ1v) is 6.15. The van der Waals surface area contributed by atoms with E-state index < -0.39 is 0 Å². The van der Waals surface area contributed by atoms with Crippen LogP contribution < -0.4 is 0 Å². The molecule has 0 spiro atoms. The van der Waals surface area contributed by atoms with Crippen molar-refractivity contribution in [3.05, 3.63) is 35.2 Å². The third kappa shape index (κ3) is 2.08. The average molecular weight is 230 g/mol. The zero-order valence-electron chi connectivity index (χ0n) is 9.47. The van der Waals surface area contributed by atoms with Crippen molar-refractivity contribution in [2.45, 2.75) is 19.5 Å². The van der Waals surface area contributed by atoms with Crippen LogP contribution in [-0.4, -0.2) is 18.0 Å². The molecule has 3 heteroatoms. The third-order valence-corrected chi connectivity index (χ3v) is 3.84. The number of hydrogen-bond donors (Lipinski definition) is 0. The first-order valence-electron chi connectivity index (χ1n) is 5.27. The van der Waals surface area contributed by atoms with Gasteiger partial charge in [0.25, 0.3) is 0 Å². The zero-order chi connectivity index (χ0) is 11.5. The van der Waals surface area contributed by atoms with Gasteiger partial charge in [-0.25, -0.2) is 0 Å². The highest BCUT2D eigenvalue weighted by Gasteiger charge is 2.10. The van der Waals surface area contributed by atoms with Crippen molar-refractivity contribution in [1.29, 1.82) is 5.26 Å². The van der Waals surface area contributed by atoms with Gasteiger partial charge in [0.15, 0.2) is 0 Å². The van der Waals surface area contributed by atoms with Crippen LogP contribution in [0, 0.1) is 11.3 Å². The van der Waals surface area contributed by atoms with Crippen molar-refractivity contribution in [2.75, 3.05) is 7.05 Å². The average Bonchev–Trinajstić information content (AvgIpc) is 2.72. The molecule has 1 unspecified atom stereocenters. The molecular weight excluding hydrogens is 216 g/mol. The summed E-state index contributed by atoms with van der Waals surface area (Å²) in [7, 11) is 1.99. The number of nitrogens with zero attached hydrogens (tertiary/aromatic N) is 2. The van der Waals surface area contributed by atoms with Gasteiger partial charge in [-0.15, -0.1) is 11.3 Å². The topological polar surface area (TPSA) is 27.0 Å². The van der Waals surface area contributed by atoms with Crippen molar-refractivity contribution in [1.82, 2.24) is 4.90 Å². The minimum Gasteiger partial charge on any atom is -0.287 e. The van der Waals surface area contributed by atoms with Gasteiger partial charge in [0, 0.05) is 11.2 Å². The number of fused-ring (bicyclic) bond motifs is 1. The highest BCUT2D eigenvalue weighted by atomic mass is 32.1. The molecule has 0 aliphatic carbocycles. The lowest BCUT2D eigenvalue weighted by atomic mass is 10.1. The van der Waals surface area contributed by atoms with E-state index in [1.807, 2.05) is 14.0 Å². The molecule has 0 saturated heterocycles. The van der Waals surface area contributed by atoms with E-state index in [-0.39, 0.29) is 6.04 Å². The number of benzene rings is 1. The van der Waals surface area contributed by atoms with Gasteiger partial charge in [-0.2, -0.15) is 5.26 Å². The van der Waals surface area contributed by atoms with Crippen molar-refractivity contribution in [2.24, 2.45) is 0 Å². The summed E-state index contributed by atoms with van der Waals surface area (Å²) in [5.74, 6) is 0. The number of rotatable bonds is 3. The second kappa shape index (κ2) is 4.65. The first kappa shape index (κ1) is 11.1. The summed E-state index contributed by atoms with van der Waals surface area (Å²) in [4.78, 5) is 2.06. The molecule has 0 N–H and O–H groups in total. The molecule has 0 fully saturated rings. The maximum absolute atomic E-state index is 8.86. The first-order chi connectivity index (χ1) is 7.72. The Kier molecular flexibility index (Phi) is 3.23. The molecule has 1 aromatic heterocycles. The summed E-state index contributed by atoms with van der Waals surface area (Å²) >= 11 is 1.77. The largest absolute Gasteiger partial charge is 0.287 e. The van der Waals surface area contributed by atoms with E-state index in [1.165, 1.54) is 15.6 Å². The standard InChI is InChI=1S/C13H14N2S/c1-10(7-14)15(2)8-11-9-16-13-6-4-3-5-12(11)13/h3-6,9-10H,8H2,1-2H3. The van der Waals surface area contributed by atoms with E-state index in [0.717, 1.165) is 6.54 Å². The molecule has 0 aliphatic rings.